The minimum absolute atomic E-state index is 0.0322. The molecule has 0 aliphatic rings. The van der Waals surface area contributed by atoms with Crippen molar-refractivity contribution in [1.82, 2.24) is 0 Å². The molecule has 2 aromatic heterocycles. The molecule has 2 aromatic carbocycles. The van der Waals surface area contributed by atoms with Crippen LogP contribution in [0.2, 0.25) is 5.02 Å². The van der Waals surface area contributed by atoms with Crippen LogP contribution in [0.5, 0.6) is 5.75 Å². The van der Waals surface area contributed by atoms with Crippen molar-refractivity contribution < 1.29 is 18.4 Å². The van der Waals surface area contributed by atoms with Gasteiger partial charge >= 0.3 is 0 Å². The Morgan fingerprint density at radius 3 is 2.55 bits per heavy atom. The van der Waals surface area contributed by atoms with Gasteiger partial charge in [0.1, 0.15) is 23.0 Å². The van der Waals surface area contributed by atoms with Gasteiger partial charge in [-0.3, -0.25) is 14.9 Å². The van der Waals surface area contributed by atoms with Crippen LogP contribution in [-0.4, -0.2) is 12.0 Å². The maximum absolute atomic E-state index is 13.3. The average Bonchev–Trinajstić information content (AvgIpc) is 3.08. The highest BCUT2D eigenvalue weighted by Gasteiger charge is 2.26. The number of furan rings is 1. The van der Waals surface area contributed by atoms with Gasteiger partial charge in [0.2, 0.25) is 17.1 Å². The number of hydrogen-bond acceptors (Lipinski definition) is 6. The quantitative estimate of drug-likeness (QED) is 0.413. The Kier molecular flexibility index (Phi) is 5.95. The third-order valence-electron chi connectivity index (χ3n) is 5.27. The van der Waals surface area contributed by atoms with Crippen molar-refractivity contribution in [3.8, 4) is 23.1 Å². The molecule has 0 bridgehead atoms. The molecule has 0 spiro atoms. The molecule has 2 heterocycles. The number of halogens is 1. The van der Waals surface area contributed by atoms with Gasteiger partial charge in [-0.15, -0.1) is 0 Å². The highest BCUT2D eigenvalue weighted by molar-refractivity contribution is 6.33. The Bertz CT molecular complexity index is 1480. The number of nitriles is 1. The third kappa shape index (κ3) is 4.09. The fourth-order valence-electron chi connectivity index (χ4n) is 3.35. The zero-order chi connectivity index (χ0) is 23.7. The molecule has 0 aliphatic carbocycles. The summed E-state index contributed by atoms with van der Waals surface area (Å²) in [5.74, 6) is -0.0718. The summed E-state index contributed by atoms with van der Waals surface area (Å²) in [6.07, 6.45) is -1.12. The lowest BCUT2D eigenvalue weighted by molar-refractivity contribution is -0.122. The summed E-state index contributed by atoms with van der Waals surface area (Å²) >= 11 is 6.35. The largest absolute Gasteiger partial charge is 0.473 e. The van der Waals surface area contributed by atoms with Gasteiger partial charge in [0.25, 0.3) is 5.91 Å². The first-order chi connectivity index (χ1) is 15.8. The Morgan fingerprint density at radius 1 is 1.12 bits per heavy atom. The Hall–Kier alpha value is -4.02. The summed E-state index contributed by atoms with van der Waals surface area (Å²) in [5.41, 5.74) is 1.25. The van der Waals surface area contributed by atoms with E-state index in [1.807, 2.05) is 6.07 Å². The van der Waals surface area contributed by atoms with E-state index in [0.717, 1.165) is 0 Å². The third-order valence-corrected chi connectivity index (χ3v) is 5.60. The molecule has 8 heteroatoms. The summed E-state index contributed by atoms with van der Waals surface area (Å²) in [7, 11) is 0. The van der Waals surface area contributed by atoms with Gasteiger partial charge in [0, 0.05) is 11.1 Å². The summed E-state index contributed by atoms with van der Waals surface area (Å²) in [4.78, 5) is 26.1. The van der Waals surface area contributed by atoms with Gasteiger partial charge in [-0.25, -0.2) is 0 Å². The SMILES string of the molecule is Cc1oc(NC(=O)C(C)Oc2c(-c3ccccc3Cl)oc3ccccc3c2=O)c(C#N)c1C. The minimum atomic E-state index is -1.12. The first-order valence-corrected chi connectivity index (χ1v) is 10.5. The van der Waals surface area contributed by atoms with E-state index in [9.17, 15) is 14.9 Å². The number of anilines is 1. The number of hydrogen-bond donors (Lipinski definition) is 1. The van der Waals surface area contributed by atoms with Crippen LogP contribution in [0.25, 0.3) is 22.3 Å². The first kappa shape index (κ1) is 22.2. The minimum Gasteiger partial charge on any atom is -0.473 e. The number of nitrogens with one attached hydrogen (secondary N) is 1. The van der Waals surface area contributed by atoms with Gasteiger partial charge in [0.15, 0.2) is 11.9 Å². The number of nitrogens with zero attached hydrogens (tertiary/aromatic N) is 1. The highest BCUT2D eigenvalue weighted by atomic mass is 35.5. The van der Waals surface area contributed by atoms with Crippen LogP contribution in [0.4, 0.5) is 5.88 Å². The Morgan fingerprint density at radius 2 is 1.82 bits per heavy atom. The second-order valence-corrected chi connectivity index (χ2v) is 7.82. The number of fused-ring (bicyclic) bond motifs is 1. The van der Waals surface area contributed by atoms with Gasteiger partial charge in [-0.05, 0) is 45.0 Å². The fraction of sp³-hybridized carbons (Fsp3) is 0.160. The molecule has 0 aliphatic heterocycles. The molecule has 0 saturated carbocycles. The van der Waals surface area contributed by atoms with Gasteiger partial charge < -0.3 is 13.6 Å². The van der Waals surface area contributed by atoms with E-state index in [1.54, 1.807) is 62.4 Å². The number of aryl methyl sites for hydroxylation is 1. The lowest BCUT2D eigenvalue weighted by atomic mass is 10.1. The predicted octanol–water partition coefficient (Wildman–Crippen LogP) is 5.60. The Labute approximate surface area is 194 Å². The van der Waals surface area contributed by atoms with Crippen molar-refractivity contribution >= 4 is 34.4 Å². The van der Waals surface area contributed by atoms with Crippen LogP contribution in [0.3, 0.4) is 0 Å². The molecule has 4 aromatic rings. The maximum atomic E-state index is 13.3. The van der Waals surface area contributed by atoms with Crippen molar-refractivity contribution in [3.05, 3.63) is 80.7 Å². The molecule has 7 nitrogen and oxygen atoms in total. The molecule has 1 unspecified atom stereocenters. The molecule has 0 saturated heterocycles. The van der Waals surface area contributed by atoms with Crippen molar-refractivity contribution in [1.29, 1.82) is 5.26 Å². The molecule has 4 rings (SSSR count). The molecule has 0 radical (unpaired) electrons. The molecule has 166 valence electrons. The molecule has 1 amide bonds. The smallest absolute Gasteiger partial charge is 0.267 e. The monoisotopic (exact) mass is 462 g/mol. The van der Waals surface area contributed by atoms with Crippen LogP contribution in [0, 0.1) is 25.2 Å². The van der Waals surface area contributed by atoms with Crippen LogP contribution < -0.4 is 15.5 Å². The number of para-hydroxylation sites is 1. The molecular formula is C25H19ClN2O5. The lowest BCUT2D eigenvalue weighted by Crippen LogP contribution is -2.32. The standard InChI is InChI=1S/C25H19ClN2O5/c1-13-14(2)32-25(18(13)12-27)28-24(30)15(3)31-23-21(29)17-9-5-7-11-20(17)33-22(23)16-8-4-6-10-19(16)26/h4-11,15H,1-3H3,(H,28,30). The fourth-order valence-corrected chi connectivity index (χ4v) is 3.57. The van der Waals surface area contributed by atoms with Gasteiger partial charge in [-0.2, -0.15) is 5.26 Å². The first-order valence-electron chi connectivity index (χ1n) is 10.1. The summed E-state index contributed by atoms with van der Waals surface area (Å²) in [6.45, 7) is 4.90. The average molecular weight is 463 g/mol. The summed E-state index contributed by atoms with van der Waals surface area (Å²) < 4.78 is 17.3. The number of amides is 1. The van der Waals surface area contributed by atoms with E-state index in [2.05, 4.69) is 5.32 Å². The lowest BCUT2D eigenvalue weighted by Gasteiger charge is -2.17. The predicted molar refractivity (Wildman–Crippen MR) is 125 cm³/mol. The zero-order valence-corrected chi connectivity index (χ0v) is 18.8. The normalized spacial score (nSPS) is 11.7. The second-order valence-electron chi connectivity index (χ2n) is 7.41. The number of carbonyl (C=O) groups excluding carboxylic acids is 1. The molecule has 33 heavy (non-hydrogen) atoms. The van der Waals surface area contributed by atoms with Crippen LogP contribution in [0.15, 0.2) is 62.2 Å². The van der Waals surface area contributed by atoms with Gasteiger partial charge in [0.05, 0.1) is 10.4 Å². The molecule has 0 fully saturated rings. The van der Waals surface area contributed by atoms with Crippen LogP contribution >= 0.6 is 11.6 Å². The van der Waals surface area contributed by atoms with E-state index in [0.29, 0.717) is 32.9 Å². The van der Waals surface area contributed by atoms with Crippen molar-refractivity contribution in [2.45, 2.75) is 26.9 Å². The molecule has 1 N–H and O–H groups in total. The van der Waals surface area contributed by atoms with Gasteiger partial charge in [-0.1, -0.05) is 35.9 Å². The highest BCUT2D eigenvalue weighted by Crippen LogP contribution is 2.35. The van der Waals surface area contributed by atoms with Crippen LogP contribution in [-0.2, 0) is 4.79 Å². The zero-order valence-electron chi connectivity index (χ0n) is 18.1. The summed E-state index contributed by atoms with van der Waals surface area (Å²) in [6, 6.07) is 15.6. The van der Waals surface area contributed by atoms with E-state index in [4.69, 9.17) is 25.2 Å². The maximum Gasteiger partial charge on any atom is 0.267 e. The van der Waals surface area contributed by atoms with Crippen LogP contribution in [0.1, 0.15) is 23.8 Å². The Balaban J connectivity index is 1.74. The number of carbonyl (C=O) groups is 1. The van der Waals surface area contributed by atoms with E-state index in [1.165, 1.54) is 6.92 Å². The second kappa shape index (κ2) is 8.85. The summed E-state index contributed by atoms with van der Waals surface area (Å²) in [5, 5.41) is 12.6. The van der Waals surface area contributed by atoms with Crippen molar-refractivity contribution in [2.24, 2.45) is 0 Å². The van der Waals surface area contributed by atoms with Crippen molar-refractivity contribution in [2.75, 3.05) is 5.32 Å². The number of benzene rings is 2. The van der Waals surface area contributed by atoms with Crippen molar-refractivity contribution in [3.63, 3.8) is 0 Å². The number of rotatable bonds is 5. The van der Waals surface area contributed by atoms with E-state index < -0.39 is 17.4 Å². The number of ether oxygens (including phenoxy) is 1. The molecular weight excluding hydrogens is 444 g/mol. The topological polar surface area (TPSA) is 105 Å². The molecule has 1 atom stereocenters. The van der Waals surface area contributed by atoms with E-state index >= 15 is 0 Å². The van der Waals surface area contributed by atoms with E-state index in [-0.39, 0.29) is 23.0 Å².